The van der Waals surface area contributed by atoms with E-state index in [2.05, 4.69) is 180 Å². The second kappa shape index (κ2) is 14.1. The van der Waals surface area contributed by atoms with E-state index in [-0.39, 0.29) is 11.6 Å². The lowest BCUT2D eigenvalue weighted by atomic mass is 10.0. The van der Waals surface area contributed by atoms with Gasteiger partial charge < -0.3 is 4.74 Å². The van der Waals surface area contributed by atoms with Gasteiger partial charge in [-0.25, -0.2) is 0 Å². The number of ether oxygens (including phenoxy) is 1. The minimum Gasteiger partial charge on any atom is -0.376 e. The standard InChI is InChI=1S/C49H58OSi2/c1-30-22-35(6)45(36(7)23-30)51(46-37(8)24-31(2)25-38(46)9)21-20-34(5)44(50-14)49(43-18-16-15-17-19-43)52(51,47-39(10)26-32(3)27-40(47)11)48-41(12)28-33(4)29-42(48)13/h15-19,21-29,44,49H,1-14H3. The molecule has 0 aromatic heterocycles. The SMILES string of the molecule is COC1C(C)=C=C[Si](c2c(C)cc(C)cc2C)(c2c(C)cc(C)cc2C)[Si](c2c(C)cc(C)cc2C)(c2c(C)cc(C)cc2C)C1c1ccccc1. The van der Waals surface area contributed by atoms with Gasteiger partial charge in [-0.1, -0.05) is 146 Å². The molecular formula is C49H58OSi2. The maximum Gasteiger partial charge on any atom is 0.152 e. The van der Waals surface area contributed by atoms with E-state index in [0.29, 0.717) is 0 Å². The fourth-order valence-corrected chi connectivity index (χ4v) is 35.3. The molecule has 1 aliphatic heterocycles. The fraction of sp³-hybridized carbons (Fsp3) is 0.327. The van der Waals surface area contributed by atoms with E-state index in [4.69, 9.17) is 4.74 Å². The Labute approximate surface area is 316 Å². The largest absolute Gasteiger partial charge is 0.376 e. The maximum atomic E-state index is 6.92. The highest BCUT2D eigenvalue weighted by Gasteiger charge is 2.67. The van der Waals surface area contributed by atoms with Gasteiger partial charge in [0.2, 0.25) is 0 Å². The average molecular weight is 719 g/mol. The zero-order valence-electron chi connectivity index (χ0n) is 34.1. The molecule has 2 atom stereocenters. The Morgan fingerprint density at radius 3 is 1.12 bits per heavy atom. The average Bonchev–Trinajstić information content (AvgIpc) is 3.13. The number of hydrogen-bond donors (Lipinski definition) is 0. The Kier molecular flexibility index (Phi) is 10.2. The molecule has 3 heteroatoms. The van der Waals surface area contributed by atoms with Crippen LogP contribution in [0.2, 0.25) is 0 Å². The van der Waals surface area contributed by atoms with Crippen molar-refractivity contribution in [2.24, 2.45) is 0 Å². The first-order valence-corrected chi connectivity index (χ1v) is 24.1. The van der Waals surface area contributed by atoms with Crippen molar-refractivity contribution in [2.75, 3.05) is 7.11 Å². The lowest BCUT2D eigenvalue weighted by Crippen LogP contribution is -2.90. The molecule has 1 heterocycles. The van der Waals surface area contributed by atoms with Gasteiger partial charge in [-0.05, 0) is 128 Å². The van der Waals surface area contributed by atoms with Gasteiger partial charge in [-0.3, -0.25) is 0 Å². The summed E-state index contributed by atoms with van der Waals surface area (Å²) in [4.78, 5) is 0. The molecule has 5 aromatic rings. The second-order valence-corrected chi connectivity index (χ2v) is 27.1. The van der Waals surface area contributed by atoms with Crippen LogP contribution in [0.15, 0.2) is 95.9 Å². The molecule has 0 fully saturated rings. The monoisotopic (exact) mass is 718 g/mol. The Morgan fingerprint density at radius 1 is 0.462 bits per heavy atom. The van der Waals surface area contributed by atoms with Crippen LogP contribution in [0.4, 0.5) is 0 Å². The Hall–Kier alpha value is -3.99. The van der Waals surface area contributed by atoms with E-state index in [1.807, 2.05) is 7.11 Å². The molecule has 52 heavy (non-hydrogen) atoms. The molecule has 0 saturated carbocycles. The molecule has 2 unspecified atom stereocenters. The van der Waals surface area contributed by atoms with Crippen molar-refractivity contribution < 1.29 is 4.74 Å². The van der Waals surface area contributed by atoms with E-state index in [0.717, 1.165) is 0 Å². The van der Waals surface area contributed by atoms with Gasteiger partial charge in [0, 0.05) is 12.7 Å². The van der Waals surface area contributed by atoms with E-state index in [9.17, 15) is 0 Å². The number of hydrogen-bond acceptors (Lipinski definition) is 1. The van der Waals surface area contributed by atoms with Crippen molar-refractivity contribution in [3.8, 4) is 0 Å². The molecule has 0 spiro atoms. The summed E-state index contributed by atoms with van der Waals surface area (Å²) in [7, 11) is -4.49. The predicted octanol–water partition coefficient (Wildman–Crippen LogP) is 9.28. The molecule has 5 aromatic carbocycles. The molecule has 268 valence electrons. The van der Waals surface area contributed by atoms with Crippen molar-refractivity contribution in [2.45, 2.75) is 102 Å². The van der Waals surface area contributed by atoms with Crippen LogP contribution in [0.1, 0.15) is 84.8 Å². The van der Waals surface area contributed by atoms with E-state index in [1.165, 1.54) is 77.9 Å². The van der Waals surface area contributed by atoms with Crippen molar-refractivity contribution in [3.63, 3.8) is 0 Å². The van der Waals surface area contributed by atoms with Crippen LogP contribution in [0.25, 0.3) is 0 Å². The first-order chi connectivity index (χ1) is 24.6. The highest BCUT2D eigenvalue weighted by atomic mass is 29.3. The minimum absolute atomic E-state index is 0.0528. The van der Waals surface area contributed by atoms with Crippen molar-refractivity contribution in [3.05, 3.63) is 168 Å². The van der Waals surface area contributed by atoms with Gasteiger partial charge in [-0.15, -0.1) is 5.73 Å². The maximum absolute atomic E-state index is 6.92. The normalized spacial score (nSPS) is 17.9. The first-order valence-electron chi connectivity index (χ1n) is 19.0. The van der Waals surface area contributed by atoms with E-state index >= 15 is 0 Å². The third-order valence-electron chi connectivity index (χ3n) is 12.0. The Balaban J connectivity index is 2.13. The molecular weight excluding hydrogens is 661 g/mol. The summed E-state index contributed by atoms with van der Waals surface area (Å²) >= 11 is 0. The van der Waals surface area contributed by atoms with Crippen LogP contribution in [0.5, 0.6) is 0 Å². The van der Waals surface area contributed by atoms with E-state index < -0.39 is 15.2 Å². The molecule has 0 bridgehead atoms. The molecule has 0 aliphatic carbocycles. The third-order valence-corrected chi connectivity index (χ3v) is 29.8. The zero-order valence-corrected chi connectivity index (χ0v) is 36.1. The van der Waals surface area contributed by atoms with Crippen LogP contribution in [0.3, 0.4) is 0 Å². The van der Waals surface area contributed by atoms with Crippen LogP contribution in [-0.2, 0) is 4.74 Å². The molecule has 0 radical (unpaired) electrons. The Bertz CT molecular complexity index is 2060. The molecule has 1 aliphatic rings. The summed E-state index contributed by atoms with van der Waals surface area (Å²) < 4.78 is 6.92. The topological polar surface area (TPSA) is 9.23 Å². The summed E-state index contributed by atoms with van der Waals surface area (Å²) in [6.07, 6.45) is -0.169. The smallest absolute Gasteiger partial charge is 0.152 e. The summed E-state index contributed by atoms with van der Waals surface area (Å²) in [5.74, 6) is 0. The van der Waals surface area contributed by atoms with E-state index in [1.54, 1.807) is 20.7 Å². The van der Waals surface area contributed by atoms with Gasteiger partial charge in [-0.2, -0.15) is 0 Å². The van der Waals surface area contributed by atoms with Crippen molar-refractivity contribution in [1.82, 2.24) is 0 Å². The molecule has 0 N–H and O–H groups in total. The second-order valence-electron chi connectivity index (χ2n) is 16.2. The van der Waals surface area contributed by atoms with Crippen LogP contribution >= 0.6 is 0 Å². The molecule has 6 rings (SSSR count). The van der Waals surface area contributed by atoms with Crippen molar-refractivity contribution in [1.29, 1.82) is 0 Å². The minimum atomic E-state index is -3.25. The lowest BCUT2D eigenvalue weighted by Gasteiger charge is -2.56. The van der Waals surface area contributed by atoms with Gasteiger partial charge in [0.25, 0.3) is 0 Å². The fourth-order valence-electron chi connectivity index (χ4n) is 11.2. The summed E-state index contributed by atoms with van der Waals surface area (Å²) in [5, 5.41) is 6.25. The van der Waals surface area contributed by atoms with Gasteiger partial charge >= 0.3 is 0 Å². The van der Waals surface area contributed by atoms with Crippen LogP contribution in [-0.4, -0.2) is 28.4 Å². The highest BCUT2D eigenvalue weighted by Crippen LogP contribution is 2.45. The number of methoxy groups -OCH3 is 1. The first kappa shape index (κ1) is 37.8. The van der Waals surface area contributed by atoms with Crippen molar-refractivity contribution >= 4 is 35.9 Å². The number of rotatable bonds is 6. The lowest BCUT2D eigenvalue weighted by molar-refractivity contribution is 0.126. The summed E-state index contributed by atoms with van der Waals surface area (Å²) in [6.45, 7) is 30.5. The summed E-state index contributed by atoms with van der Waals surface area (Å²) in [6, 6.07) is 31.2. The molecule has 0 amide bonds. The third kappa shape index (κ3) is 5.78. The summed E-state index contributed by atoms with van der Waals surface area (Å²) in [5.41, 5.74) is 25.8. The highest BCUT2D eigenvalue weighted by molar-refractivity contribution is 7.62. The number of benzene rings is 5. The van der Waals surface area contributed by atoms with Crippen LogP contribution < -0.4 is 20.7 Å². The zero-order chi connectivity index (χ0) is 37.9. The van der Waals surface area contributed by atoms with Gasteiger partial charge in [0.05, 0.1) is 6.10 Å². The Morgan fingerprint density at radius 2 is 0.788 bits per heavy atom. The molecule has 1 nitrogen and oxygen atoms in total. The van der Waals surface area contributed by atoms with Gasteiger partial charge in [0.1, 0.15) is 7.59 Å². The molecule has 0 saturated heterocycles. The van der Waals surface area contributed by atoms with Gasteiger partial charge in [0.15, 0.2) is 7.59 Å². The quantitative estimate of drug-likeness (QED) is 0.126. The number of aryl methyl sites for hydroxylation is 12. The predicted molar refractivity (Wildman–Crippen MR) is 230 cm³/mol. The van der Waals surface area contributed by atoms with Crippen LogP contribution in [0, 0.1) is 83.1 Å².